The van der Waals surface area contributed by atoms with E-state index in [2.05, 4.69) is 11.9 Å². The topological polar surface area (TPSA) is 67.3 Å². The summed E-state index contributed by atoms with van der Waals surface area (Å²) in [4.78, 5) is 21.2. The quantitative estimate of drug-likeness (QED) is 0.298. The zero-order valence-electron chi connectivity index (χ0n) is 18.4. The lowest BCUT2D eigenvalue weighted by Gasteiger charge is -2.20. The summed E-state index contributed by atoms with van der Waals surface area (Å²) in [7, 11) is -3.32. The van der Waals surface area contributed by atoms with Crippen LogP contribution >= 0.6 is 23.1 Å². The average molecular weight is 497 g/mol. The summed E-state index contributed by atoms with van der Waals surface area (Å²) in [5.74, 6) is 0.944. The fourth-order valence-electron chi connectivity index (χ4n) is 3.41. The largest absolute Gasteiger partial charge is 0.283 e. The van der Waals surface area contributed by atoms with Gasteiger partial charge in [0.2, 0.25) is 5.91 Å². The molecule has 1 amide bonds. The molecule has 4 aromatic rings. The van der Waals surface area contributed by atoms with Gasteiger partial charge in [-0.2, -0.15) is 0 Å². The molecule has 0 aliphatic heterocycles. The number of thioether (sulfide) groups is 1. The van der Waals surface area contributed by atoms with Crippen molar-refractivity contribution in [2.45, 2.75) is 29.7 Å². The van der Waals surface area contributed by atoms with Crippen LogP contribution in [0.2, 0.25) is 0 Å². The molecule has 8 heteroatoms. The molecule has 5 nitrogen and oxygen atoms in total. The smallest absolute Gasteiger partial charge is 0.233 e. The van der Waals surface area contributed by atoms with Crippen LogP contribution in [0.15, 0.2) is 82.6 Å². The van der Waals surface area contributed by atoms with E-state index in [-0.39, 0.29) is 17.2 Å². The van der Waals surface area contributed by atoms with Gasteiger partial charge in [0.1, 0.15) is 0 Å². The van der Waals surface area contributed by atoms with Crippen molar-refractivity contribution in [2.24, 2.45) is 0 Å². The van der Waals surface area contributed by atoms with Crippen molar-refractivity contribution >= 4 is 54.2 Å². The Kier molecular flexibility index (Phi) is 7.17. The van der Waals surface area contributed by atoms with Crippen molar-refractivity contribution in [3.63, 3.8) is 0 Å². The Labute approximate surface area is 202 Å². The summed E-state index contributed by atoms with van der Waals surface area (Å²) in [5, 5.41) is 0.558. The second-order valence-corrected chi connectivity index (χ2v) is 12.0. The lowest BCUT2D eigenvalue weighted by molar-refractivity contribution is -0.118. The first-order valence-electron chi connectivity index (χ1n) is 10.5. The molecule has 0 radical (unpaired) electrons. The van der Waals surface area contributed by atoms with E-state index in [1.807, 2.05) is 54.6 Å². The molecule has 33 heavy (non-hydrogen) atoms. The van der Waals surface area contributed by atoms with Gasteiger partial charge in [0.15, 0.2) is 15.0 Å². The summed E-state index contributed by atoms with van der Waals surface area (Å²) < 4.78 is 24.6. The van der Waals surface area contributed by atoms with Gasteiger partial charge in [-0.25, -0.2) is 13.4 Å². The number of carbonyl (C=O) groups excluding carboxylic acids is 1. The maximum atomic E-state index is 13.4. The maximum Gasteiger partial charge on any atom is 0.233 e. The lowest BCUT2D eigenvalue weighted by Crippen LogP contribution is -2.31. The standard InChI is InChI=1S/C25H24N2O3S3/c1-3-31-20-11-9-18(10-12-20)15-24(28)27(17-19-7-5-4-6-8-19)25-26-22-14-13-21(33(2,29)30)16-23(22)32-25/h4-14,16H,3,15,17H2,1-2H3. The zero-order chi connectivity index (χ0) is 23.4. The van der Waals surface area contributed by atoms with Crippen LogP contribution in [0.3, 0.4) is 0 Å². The number of nitrogens with zero attached hydrogens (tertiary/aromatic N) is 2. The first-order chi connectivity index (χ1) is 15.8. The van der Waals surface area contributed by atoms with Crippen molar-refractivity contribution in [1.82, 2.24) is 4.98 Å². The number of hydrogen-bond acceptors (Lipinski definition) is 6. The Hall–Kier alpha value is -2.68. The summed E-state index contributed by atoms with van der Waals surface area (Å²) in [6.45, 7) is 2.50. The monoisotopic (exact) mass is 496 g/mol. The van der Waals surface area contributed by atoms with Gasteiger partial charge in [-0.3, -0.25) is 9.69 Å². The van der Waals surface area contributed by atoms with Crippen molar-refractivity contribution in [2.75, 3.05) is 16.9 Å². The molecule has 0 saturated carbocycles. The van der Waals surface area contributed by atoms with Crippen molar-refractivity contribution in [1.29, 1.82) is 0 Å². The molecule has 0 atom stereocenters. The molecule has 1 aromatic heterocycles. The highest BCUT2D eigenvalue weighted by Crippen LogP contribution is 2.32. The van der Waals surface area contributed by atoms with Gasteiger partial charge in [0, 0.05) is 11.2 Å². The Morgan fingerprint density at radius 2 is 1.73 bits per heavy atom. The number of aromatic nitrogens is 1. The number of anilines is 1. The van der Waals surface area contributed by atoms with Gasteiger partial charge in [-0.15, -0.1) is 11.8 Å². The minimum atomic E-state index is -3.32. The summed E-state index contributed by atoms with van der Waals surface area (Å²) >= 11 is 3.10. The number of benzene rings is 3. The zero-order valence-corrected chi connectivity index (χ0v) is 20.8. The lowest BCUT2D eigenvalue weighted by atomic mass is 10.1. The fraction of sp³-hybridized carbons (Fsp3) is 0.200. The highest BCUT2D eigenvalue weighted by Gasteiger charge is 2.21. The van der Waals surface area contributed by atoms with Crippen molar-refractivity contribution in [3.05, 3.63) is 83.9 Å². The number of sulfone groups is 1. The van der Waals surface area contributed by atoms with E-state index < -0.39 is 9.84 Å². The summed E-state index contributed by atoms with van der Waals surface area (Å²) in [5.41, 5.74) is 2.62. The minimum Gasteiger partial charge on any atom is -0.283 e. The molecule has 0 saturated heterocycles. The van der Waals surface area contributed by atoms with E-state index in [1.54, 1.807) is 34.9 Å². The van der Waals surface area contributed by atoms with Crippen LogP contribution in [0, 0.1) is 0 Å². The number of rotatable bonds is 8. The highest BCUT2D eigenvalue weighted by atomic mass is 32.2. The first-order valence-corrected chi connectivity index (χ1v) is 14.2. The fourth-order valence-corrected chi connectivity index (χ4v) is 5.81. The number of carbonyl (C=O) groups is 1. The molecule has 1 heterocycles. The molecule has 170 valence electrons. The molecule has 0 unspecified atom stereocenters. The molecular weight excluding hydrogens is 472 g/mol. The van der Waals surface area contributed by atoms with E-state index in [4.69, 9.17) is 0 Å². The Morgan fingerprint density at radius 3 is 2.39 bits per heavy atom. The first kappa shape index (κ1) is 23.5. The molecule has 0 aliphatic rings. The van der Waals surface area contributed by atoms with Crippen LogP contribution in [0.25, 0.3) is 10.2 Å². The Morgan fingerprint density at radius 1 is 1.00 bits per heavy atom. The van der Waals surface area contributed by atoms with Crippen molar-refractivity contribution < 1.29 is 13.2 Å². The summed E-state index contributed by atoms with van der Waals surface area (Å²) in [6.07, 6.45) is 1.44. The van der Waals surface area contributed by atoms with Crippen LogP contribution in [-0.2, 0) is 27.6 Å². The van der Waals surface area contributed by atoms with Gasteiger partial charge in [-0.1, -0.05) is 60.7 Å². The van der Waals surface area contributed by atoms with Crippen LogP contribution in [0.1, 0.15) is 18.1 Å². The molecule has 0 fully saturated rings. The highest BCUT2D eigenvalue weighted by molar-refractivity contribution is 7.99. The maximum absolute atomic E-state index is 13.4. The van der Waals surface area contributed by atoms with Crippen LogP contribution < -0.4 is 4.90 Å². The van der Waals surface area contributed by atoms with E-state index >= 15 is 0 Å². The third kappa shape index (κ3) is 5.82. The number of fused-ring (bicyclic) bond motifs is 1. The van der Waals surface area contributed by atoms with E-state index in [1.165, 1.54) is 22.5 Å². The van der Waals surface area contributed by atoms with E-state index in [9.17, 15) is 13.2 Å². The van der Waals surface area contributed by atoms with Gasteiger partial charge in [-0.05, 0) is 47.2 Å². The average Bonchev–Trinajstić information content (AvgIpc) is 3.22. The third-order valence-corrected chi connectivity index (χ3v) is 8.13. The van der Waals surface area contributed by atoms with Gasteiger partial charge < -0.3 is 0 Å². The van der Waals surface area contributed by atoms with E-state index in [0.717, 1.165) is 21.6 Å². The molecule has 0 bridgehead atoms. The van der Waals surface area contributed by atoms with Gasteiger partial charge >= 0.3 is 0 Å². The van der Waals surface area contributed by atoms with Crippen LogP contribution in [-0.4, -0.2) is 31.3 Å². The molecular formula is C25H24N2O3S3. The Bertz CT molecular complexity index is 1370. The normalized spacial score (nSPS) is 11.6. The van der Waals surface area contributed by atoms with Crippen molar-refractivity contribution in [3.8, 4) is 0 Å². The van der Waals surface area contributed by atoms with Crippen LogP contribution in [0.5, 0.6) is 0 Å². The van der Waals surface area contributed by atoms with Crippen LogP contribution in [0.4, 0.5) is 5.13 Å². The molecule has 0 spiro atoms. The second-order valence-electron chi connectivity index (χ2n) is 7.62. The minimum absolute atomic E-state index is 0.0582. The molecule has 0 N–H and O–H groups in total. The molecule has 0 aliphatic carbocycles. The molecule has 4 rings (SSSR count). The van der Waals surface area contributed by atoms with Gasteiger partial charge in [0.05, 0.1) is 28.1 Å². The predicted molar refractivity (Wildman–Crippen MR) is 137 cm³/mol. The SMILES string of the molecule is CCSc1ccc(CC(=O)N(Cc2ccccc2)c2nc3ccc(S(C)(=O)=O)cc3s2)cc1. The van der Waals surface area contributed by atoms with E-state index in [0.29, 0.717) is 17.2 Å². The number of thiazole rings is 1. The number of amides is 1. The van der Waals surface area contributed by atoms with Gasteiger partial charge in [0.25, 0.3) is 0 Å². The third-order valence-electron chi connectivity index (χ3n) is 5.08. The Balaban J connectivity index is 1.66. The second kappa shape index (κ2) is 10.1. The summed E-state index contributed by atoms with van der Waals surface area (Å²) in [6, 6.07) is 22.7. The molecule has 3 aromatic carbocycles. The predicted octanol–water partition coefficient (Wildman–Crippen LogP) is 5.59. The number of hydrogen-bond donors (Lipinski definition) is 0.